The van der Waals surface area contributed by atoms with Crippen molar-refractivity contribution in [2.24, 2.45) is 0 Å². The summed E-state index contributed by atoms with van der Waals surface area (Å²) in [5.41, 5.74) is 6.89. The third kappa shape index (κ3) is 6.95. The van der Waals surface area contributed by atoms with Crippen LogP contribution in [0.5, 0.6) is 0 Å². The maximum atomic E-state index is 12.7. The van der Waals surface area contributed by atoms with E-state index in [1.807, 2.05) is 24.3 Å². The Morgan fingerprint density at radius 1 is 0.906 bits per heavy atom. The van der Waals surface area contributed by atoms with E-state index in [9.17, 15) is 4.79 Å². The minimum Gasteiger partial charge on any atom is -0.455 e. The predicted octanol–water partition coefficient (Wildman–Crippen LogP) is 7.47. The number of hydrogen-bond acceptors (Lipinski definition) is 2. The van der Waals surface area contributed by atoms with Crippen molar-refractivity contribution in [3.8, 4) is 0 Å². The predicted molar refractivity (Wildman–Crippen MR) is 134 cm³/mol. The Morgan fingerprint density at radius 3 is 2.12 bits per heavy atom. The Kier molecular flexibility index (Phi) is 7.69. The Morgan fingerprint density at radius 2 is 1.53 bits per heavy atom. The van der Waals surface area contributed by atoms with Crippen LogP contribution in [0.4, 0.5) is 0 Å². The number of rotatable bonds is 7. The summed E-state index contributed by atoms with van der Waals surface area (Å²) in [6, 6.07) is 24.4. The quantitative estimate of drug-likeness (QED) is 0.366. The summed E-state index contributed by atoms with van der Waals surface area (Å²) in [6.07, 6.45) is 5.35. The fraction of sp³-hybridized carbons (Fsp3) is 0.300. The van der Waals surface area contributed by atoms with E-state index in [1.165, 1.54) is 22.3 Å². The summed E-state index contributed by atoms with van der Waals surface area (Å²) in [6.45, 7) is 10.9. The van der Waals surface area contributed by atoms with Gasteiger partial charge in [0, 0.05) is 0 Å². The Bertz CT molecular complexity index is 1030. The number of benzene rings is 3. The van der Waals surface area contributed by atoms with Gasteiger partial charge in [-0.1, -0.05) is 98.6 Å². The summed E-state index contributed by atoms with van der Waals surface area (Å²) < 4.78 is 5.89. The Hall–Kier alpha value is -3.13. The van der Waals surface area contributed by atoms with E-state index in [-0.39, 0.29) is 17.5 Å². The van der Waals surface area contributed by atoms with Crippen molar-refractivity contribution in [3.05, 3.63) is 112 Å². The summed E-state index contributed by atoms with van der Waals surface area (Å²) in [4.78, 5) is 12.7. The van der Waals surface area contributed by atoms with Crippen LogP contribution >= 0.6 is 0 Å². The second kappa shape index (κ2) is 10.5. The second-order valence-electron chi connectivity index (χ2n) is 9.58. The molecule has 0 amide bonds. The van der Waals surface area contributed by atoms with E-state index in [1.54, 1.807) is 12.1 Å². The van der Waals surface area contributed by atoms with Crippen LogP contribution in [0.2, 0.25) is 0 Å². The van der Waals surface area contributed by atoms with E-state index >= 15 is 0 Å². The molecule has 0 unspecified atom stereocenters. The van der Waals surface area contributed by atoms with Crippen LogP contribution in [-0.2, 0) is 16.6 Å². The molecule has 3 aromatic rings. The summed E-state index contributed by atoms with van der Waals surface area (Å²) >= 11 is 0. The van der Waals surface area contributed by atoms with E-state index in [0.717, 1.165) is 18.4 Å². The van der Waals surface area contributed by atoms with Gasteiger partial charge in [0.2, 0.25) is 0 Å². The highest BCUT2D eigenvalue weighted by molar-refractivity contribution is 5.89. The van der Waals surface area contributed by atoms with Gasteiger partial charge in [0.25, 0.3) is 0 Å². The van der Waals surface area contributed by atoms with Crippen LogP contribution in [0.25, 0.3) is 6.08 Å². The molecule has 3 aromatic carbocycles. The van der Waals surface area contributed by atoms with Crippen LogP contribution in [0, 0.1) is 13.8 Å². The molecule has 0 radical (unpaired) electrons. The summed E-state index contributed by atoms with van der Waals surface area (Å²) in [5, 5.41) is 0. The van der Waals surface area contributed by atoms with Crippen molar-refractivity contribution in [1.29, 1.82) is 0 Å². The molecule has 2 heteroatoms. The first-order chi connectivity index (χ1) is 15.2. The minimum atomic E-state index is -0.300. The van der Waals surface area contributed by atoms with Gasteiger partial charge < -0.3 is 4.74 Å². The van der Waals surface area contributed by atoms with Crippen molar-refractivity contribution in [1.82, 2.24) is 0 Å². The Balaban J connectivity index is 1.75. The first-order valence-corrected chi connectivity index (χ1v) is 11.3. The summed E-state index contributed by atoms with van der Waals surface area (Å²) in [5.74, 6) is -0.288. The van der Waals surface area contributed by atoms with E-state index < -0.39 is 0 Å². The van der Waals surface area contributed by atoms with E-state index in [0.29, 0.717) is 5.56 Å². The lowest BCUT2D eigenvalue weighted by Gasteiger charge is -2.19. The zero-order valence-electron chi connectivity index (χ0n) is 19.9. The van der Waals surface area contributed by atoms with Crippen LogP contribution in [0.1, 0.15) is 65.4 Å². The number of carbonyl (C=O) groups excluding carboxylic acids is 1. The van der Waals surface area contributed by atoms with Gasteiger partial charge in [-0.2, -0.15) is 0 Å². The maximum absolute atomic E-state index is 12.7. The minimum absolute atomic E-state index is 0.127. The first kappa shape index (κ1) is 23.5. The van der Waals surface area contributed by atoms with Gasteiger partial charge in [-0.25, -0.2) is 4.79 Å². The number of carbonyl (C=O) groups is 1. The molecular formula is C30H34O2. The van der Waals surface area contributed by atoms with Crippen LogP contribution in [-0.4, -0.2) is 12.1 Å². The largest absolute Gasteiger partial charge is 0.455 e. The molecule has 0 fully saturated rings. The topological polar surface area (TPSA) is 26.3 Å². The third-order valence-corrected chi connectivity index (χ3v) is 5.55. The number of aryl methyl sites for hydroxylation is 3. The third-order valence-electron chi connectivity index (χ3n) is 5.55. The molecule has 0 N–H and O–H groups in total. The van der Waals surface area contributed by atoms with Gasteiger partial charge in [0.05, 0.1) is 5.56 Å². The van der Waals surface area contributed by atoms with Crippen LogP contribution in [0.3, 0.4) is 0 Å². The molecule has 1 atom stereocenters. The lowest BCUT2D eigenvalue weighted by molar-refractivity contribution is 0.0382. The SMILES string of the molecule is Cc1cc(C)cc(CC[C@H](/C=C/c2ccc(C(C)(C)C)cc2)OC(=O)c2ccccc2)c1. The van der Waals surface area contributed by atoms with Crippen LogP contribution < -0.4 is 0 Å². The molecule has 166 valence electrons. The molecule has 0 aliphatic carbocycles. The number of esters is 1. The monoisotopic (exact) mass is 426 g/mol. The van der Waals surface area contributed by atoms with Gasteiger partial charge in [-0.3, -0.25) is 0 Å². The molecule has 32 heavy (non-hydrogen) atoms. The molecule has 0 aliphatic heterocycles. The molecule has 0 saturated carbocycles. The molecular weight excluding hydrogens is 392 g/mol. The average Bonchev–Trinajstić information content (AvgIpc) is 2.75. The maximum Gasteiger partial charge on any atom is 0.338 e. The van der Waals surface area contributed by atoms with Crippen molar-refractivity contribution >= 4 is 12.0 Å². The molecule has 3 rings (SSSR count). The van der Waals surface area contributed by atoms with Crippen molar-refractivity contribution in [3.63, 3.8) is 0 Å². The lowest BCUT2D eigenvalue weighted by atomic mass is 9.87. The second-order valence-corrected chi connectivity index (χ2v) is 9.58. The van der Waals surface area contributed by atoms with Crippen molar-refractivity contribution in [2.45, 2.75) is 59.0 Å². The lowest BCUT2D eigenvalue weighted by Crippen LogP contribution is -2.17. The van der Waals surface area contributed by atoms with Gasteiger partial charge in [-0.05, 0) is 67.0 Å². The first-order valence-electron chi connectivity index (χ1n) is 11.3. The molecule has 0 aliphatic rings. The molecule has 0 spiro atoms. The molecule has 0 bridgehead atoms. The Labute approximate surface area is 193 Å². The zero-order chi connectivity index (χ0) is 23.1. The highest BCUT2D eigenvalue weighted by Gasteiger charge is 2.15. The highest BCUT2D eigenvalue weighted by atomic mass is 16.5. The van der Waals surface area contributed by atoms with Crippen LogP contribution in [0.15, 0.2) is 78.9 Å². The molecule has 0 saturated heterocycles. The highest BCUT2D eigenvalue weighted by Crippen LogP contribution is 2.23. The van der Waals surface area contributed by atoms with Gasteiger partial charge in [0.1, 0.15) is 6.10 Å². The van der Waals surface area contributed by atoms with E-state index in [2.05, 4.69) is 83.2 Å². The normalized spacial score (nSPS) is 12.7. The fourth-order valence-electron chi connectivity index (χ4n) is 3.81. The smallest absolute Gasteiger partial charge is 0.338 e. The molecule has 0 heterocycles. The van der Waals surface area contributed by atoms with Gasteiger partial charge >= 0.3 is 5.97 Å². The number of hydrogen-bond donors (Lipinski definition) is 0. The van der Waals surface area contributed by atoms with Gasteiger partial charge in [0.15, 0.2) is 0 Å². The standard InChI is InChI=1S/C30H34O2/c1-22-19-23(2)21-25(20-22)14-18-28(32-29(31)26-9-7-6-8-10-26)17-13-24-11-15-27(16-12-24)30(3,4)5/h6-13,15-17,19-21,28H,14,18H2,1-5H3/b17-13+/t28-/m0/s1. The fourth-order valence-corrected chi connectivity index (χ4v) is 3.81. The molecule has 0 aromatic heterocycles. The van der Waals surface area contributed by atoms with Crippen molar-refractivity contribution < 1.29 is 9.53 Å². The van der Waals surface area contributed by atoms with Crippen molar-refractivity contribution in [2.75, 3.05) is 0 Å². The zero-order valence-corrected chi connectivity index (χ0v) is 19.9. The molecule has 2 nitrogen and oxygen atoms in total. The van der Waals surface area contributed by atoms with E-state index in [4.69, 9.17) is 4.74 Å². The van der Waals surface area contributed by atoms with Gasteiger partial charge in [-0.15, -0.1) is 0 Å². The number of ether oxygens (including phenoxy) is 1. The summed E-state index contributed by atoms with van der Waals surface area (Å²) in [7, 11) is 0. The average molecular weight is 427 g/mol.